The molecule has 6 heteroatoms. The lowest BCUT2D eigenvalue weighted by atomic mass is 10.1. The molecule has 3 rings (SSSR count). The fourth-order valence-corrected chi connectivity index (χ4v) is 3.55. The maximum atomic E-state index is 12.9. The Bertz CT molecular complexity index is 872. The molecular formula is C19H22N2O3S. The van der Waals surface area contributed by atoms with Crippen LogP contribution in [0.5, 0.6) is 0 Å². The van der Waals surface area contributed by atoms with Gasteiger partial charge in [-0.2, -0.15) is 0 Å². The van der Waals surface area contributed by atoms with Crippen molar-refractivity contribution in [2.24, 2.45) is 0 Å². The number of sulfonamides is 1. The molecule has 1 aliphatic carbocycles. The van der Waals surface area contributed by atoms with Crippen molar-refractivity contribution in [3.05, 3.63) is 65.2 Å². The van der Waals surface area contributed by atoms with Crippen molar-refractivity contribution in [2.75, 3.05) is 7.05 Å². The second kappa shape index (κ2) is 6.98. The number of rotatable bonds is 6. The van der Waals surface area contributed by atoms with Crippen LogP contribution in [0.3, 0.4) is 0 Å². The van der Waals surface area contributed by atoms with Crippen LogP contribution in [-0.2, 0) is 16.6 Å². The first-order chi connectivity index (χ1) is 11.9. The molecule has 0 unspecified atom stereocenters. The maximum absolute atomic E-state index is 12.9. The topological polar surface area (TPSA) is 66.5 Å². The van der Waals surface area contributed by atoms with Crippen LogP contribution in [0, 0.1) is 6.92 Å². The maximum Gasteiger partial charge on any atom is 0.254 e. The third-order valence-electron chi connectivity index (χ3n) is 4.36. The molecule has 0 heterocycles. The van der Waals surface area contributed by atoms with Crippen LogP contribution in [0.1, 0.15) is 34.3 Å². The van der Waals surface area contributed by atoms with Gasteiger partial charge in [0.25, 0.3) is 5.91 Å². The molecule has 1 fully saturated rings. The molecule has 5 nitrogen and oxygen atoms in total. The molecular weight excluding hydrogens is 336 g/mol. The van der Waals surface area contributed by atoms with Crippen LogP contribution in [-0.4, -0.2) is 32.3 Å². The van der Waals surface area contributed by atoms with Gasteiger partial charge in [0.2, 0.25) is 10.0 Å². The van der Waals surface area contributed by atoms with E-state index in [4.69, 9.17) is 0 Å². The van der Waals surface area contributed by atoms with E-state index in [0.29, 0.717) is 12.1 Å². The minimum Gasteiger partial charge on any atom is -0.331 e. The average molecular weight is 358 g/mol. The Morgan fingerprint density at radius 2 is 1.84 bits per heavy atom. The summed E-state index contributed by atoms with van der Waals surface area (Å²) in [4.78, 5) is 14.9. The van der Waals surface area contributed by atoms with Crippen LogP contribution in [0.4, 0.5) is 0 Å². The molecule has 0 aliphatic heterocycles. The van der Waals surface area contributed by atoms with Crippen LogP contribution in [0.2, 0.25) is 0 Å². The van der Waals surface area contributed by atoms with Gasteiger partial charge in [-0.1, -0.05) is 29.8 Å². The molecule has 2 aromatic carbocycles. The van der Waals surface area contributed by atoms with Crippen molar-refractivity contribution in [3.63, 3.8) is 0 Å². The van der Waals surface area contributed by atoms with E-state index < -0.39 is 10.0 Å². The average Bonchev–Trinajstić information content (AvgIpc) is 3.44. The first-order valence-corrected chi connectivity index (χ1v) is 9.79. The summed E-state index contributed by atoms with van der Waals surface area (Å²) in [6, 6.07) is 14.5. The van der Waals surface area contributed by atoms with Crippen LogP contribution in [0.25, 0.3) is 0 Å². The molecule has 0 atom stereocenters. The van der Waals surface area contributed by atoms with E-state index in [1.54, 1.807) is 12.1 Å². The third kappa shape index (κ3) is 4.08. The minimum atomic E-state index is -3.49. The molecule has 0 aromatic heterocycles. The standard InChI is InChI=1S/C19H22N2O3S/c1-14-4-3-5-15(12-14)13-21(17-8-9-17)19(22)16-6-10-18(11-7-16)25(23,24)20-2/h3-7,10-12,17,20H,8-9,13H2,1-2H3. The van der Waals surface area contributed by atoms with Crippen molar-refractivity contribution < 1.29 is 13.2 Å². The normalized spacial score (nSPS) is 14.3. The van der Waals surface area contributed by atoms with Crippen molar-refractivity contribution in [2.45, 2.75) is 37.2 Å². The number of amides is 1. The highest BCUT2D eigenvalue weighted by atomic mass is 32.2. The molecule has 1 aliphatic rings. The zero-order valence-electron chi connectivity index (χ0n) is 14.4. The Morgan fingerprint density at radius 3 is 2.40 bits per heavy atom. The number of carbonyl (C=O) groups is 1. The second-order valence-corrected chi connectivity index (χ2v) is 8.27. The molecule has 25 heavy (non-hydrogen) atoms. The first-order valence-electron chi connectivity index (χ1n) is 8.31. The zero-order valence-corrected chi connectivity index (χ0v) is 15.2. The Labute approximate surface area is 148 Å². The molecule has 0 spiro atoms. The fraction of sp³-hybridized carbons (Fsp3) is 0.316. The highest BCUT2D eigenvalue weighted by Gasteiger charge is 2.33. The van der Waals surface area contributed by atoms with Crippen molar-refractivity contribution in [3.8, 4) is 0 Å². The third-order valence-corrected chi connectivity index (χ3v) is 5.79. The first kappa shape index (κ1) is 17.6. The Kier molecular flexibility index (Phi) is 4.92. The summed E-state index contributed by atoms with van der Waals surface area (Å²) in [5.74, 6) is -0.0580. The highest BCUT2D eigenvalue weighted by molar-refractivity contribution is 7.89. The van der Waals surface area contributed by atoms with Gasteiger partial charge >= 0.3 is 0 Å². The molecule has 0 bridgehead atoms. The molecule has 2 aromatic rings. The van der Waals surface area contributed by atoms with E-state index in [0.717, 1.165) is 18.4 Å². The monoisotopic (exact) mass is 358 g/mol. The van der Waals surface area contributed by atoms with Gasteiger partial charge in [0.15, 0.2) is 0 Å². The molecule has 0 saturated heterocycles. The number of nitrogens with one attached hydrogen (secondary N) is 1. The fourth-order valence-electron chi connectivity index (χ4n) is 2.82. The van der Waals surface area contributed by atoms with Crippen LogP contribution < -0.4 is 4.72 Å². The van der Waals surface area contributed by atoms with Crippen molar-refractivity contribution >= 4 is 15.9 Å². The summed E-state index contributed by atoms with van der Waals surface area (Å²) in [6.07, 6.45) is 2.04. The number of hydrogen-bond acceptors (Lipinski definition) is 3. The summed E-state index contributed by atoms with van der Waals surface area (Å²) in [7, 11) is -2.13. The number of nitrogens with zero attached hydrogens (tertiary/aromatic N) is 1. The number of benzene rings is 2. The van der Waals surface area contributed by atoms with E-state index in [2.05, 4.69) is 10.8 Å². The number of aryl methyl sites for hydroxylation is 1. The van der Waals surface area contributed by atoms with Gasteiger partial charge in [-0.25, -0.2) is 13.1 Å². The smallest absolute Gasteiger partial charge is 0.254 e. The second-order valence-electron chi connectivity index (χ2n) is 6.39. The summed E-state index contributed by atoms with van der Waals surface area (Å²) in [5.41, 5.74) is 2.78. The van der Waals surface area contributed by atoms with Gasteiger partial charge < -0.3 is 4.90 Å². The summed E-state index contributed by atoms with van der Waals surface area (Å²) in [6.45, 7) is 2.61. The Morgan fingerprint density at radius 1 is 1.16 bits per heavy atom. The summed E-state index contributed by atoms with van der Waals surface area (Å²) in [5, 5.41) is 0. The van der Waals surface area contributed by atoms with Crippen LogP contribution >= 0.6 is 0 Å². The van der Waals surface area contributed by atoms with Gasteiger partial charge in [0, 0.05) is 18.2 Å². The zero-order chi connectivity index (χ0) is 18.0. The number of hydrogen-bond donors (Lipinski definition) is 1. The van der Waals surface area contributed by atoms with Gasteiger partial charge in [-0.3, -0.25) is 4.79 Å². The van der Waals surface area contributed by atoms with E-state index in [9.17, 15) is 13.2 Å². The molecule has 0 radical (unpaired) electrons. The lowest BCUT2D eigenvalue weighted by molar-refractivity contribution is 0.0730. The van der Waals surface area contributed by atoms with E-state index in [1.165, 1.54) is 24.7 Å². The van der Waals surface area contributed by atoms with Crippen molar-refractivity contribution in [1.29, 1.82) is 0 Å². The van der Waals surface area contributed by atoms with E-state index >= 15 is 0 Å². The summed E-state index contributed by atoms with van der Waals surface area (Å²) >= 11 is 0. The van der Waals surface area contributed by atoms with E-state index in [1.807, 2.05) is 30.0 Å². The largest absolute Gasteiger partial charge is 0.331 e. The SMILES string of the molecule is CNS(=O)(=O)c1ccc(C(=O)N(Cc2cccc(C)c2)C2CC2)cc1. The highest BCUT2D eigenvalue weighted by Crippen LogP contribution is 2.30. The van der Waals surface area contributed by atoms with Crippen LogP contribution in [0.15, 0.2) is 53.4 Å². The van der Waals surface area contributed by atoms with Gasteiger partial charge in [0.1, 0.15) is 0 Å². The quantitative estimate of drug-likeness (QED) is 0.863. The Hall–Kier alpha value is -2.18. The van der Waals surface area contributed by atoms with Gasteiger partial charge in [0.05, 0.1) is 4.90 Å². The minimum absolute atomic E-state index is 0.0580. The summed E-state index contributed by atoms with van der Waals surface area (Å²) < 4.78 is 25.9. The lowest BCUT2D eigenvalue weighted by Crippen LogP contribution is -2.32. The molecule has 1 N–H and O–H groups in total. The van der Waals surface area contributed by atoms with Crippen molar-refractivity contribution in [1.82, 2.24) is 9.62 Å². The predicted molar refractivity (Wildman–Crippen MR) is 96.8 cm³/mol. The van der Waals surface area contributed by atoms with Gasteiger partial charge in [-0.05, 0) is 56.6 Å². The molecule has 1 amide bonds. The van der Waals surface area contributed by atoms with E-state index in [-0.39, 0.29) is 16.8 Å². The molecule has 132 valence electrons. The predicted octanol–water partition coefficient (Wildman–Crippen LogP) is 2.71. The molecule has 1 saturated carbocycles. The Balaban J connectivity index is 1.81. The van der Waals surface area contributed by atoms with Gasteiger partial charge in [-0.15, -0.1) is 0 Å². The number of carbonyl (C=O) groups excluding carboxylic acids is 1. The lowest BCUT2D eigenvalue weighted by Gasteiger charge is -2.23.